The Hall–Kier alpha value is -4.11. The molecule has 0 spiro atoms. The Kier molecular flexibility index (Phi) is 7.40. The Bertz CT molecular complexity index is 1320. The van der Waals surface area contributed by atoms with E-state index >= 15 is 0 Å². The van der Waals surface area contributed by atoms with Gasteiger partial charge in [-0.2, -0.15) is 5.10 Å². The molecule has 0 unspecified atom stereocenters. The van der Waals surface area contributed by atoms with Gasteiger partial charge in [-0.3, -0.25) is 9.59 Å². The Morgan fingerprint density at radius 1 is 1.19 bits per heavy atom. The first-order valence-electron chi connectivity index (χ1n) is 11.9. The number of fused-ring (bicyclic) bond motifs is 2. The number of hydrogen-bond acceptors (Lipinski definition) is 6. The molecule has 3 aromatic carbocycles. The minimum absolute atomic E-state index is 0.0448. The maximum Gasteiger partial charge on any atom is 0.234 e. The van der Waals surface area contributed by atoms with Gasteiger partial charge in [0.05, 0.1) is 19.7 Å². The second-order valence-corrected chi connectivity index (χ2v) is 8.96. The molecule has 1 heterocycles. The molecule has 0 saturated heterocycles. The van der Waals surface area contributed by atoms with Crippen LogP contribution in [0.25, 0.3) is 10.8 Å². The van der Waals surface area contributed by atoms with Crippen molar-refractivity contribution in [3.05, 3.63) is 71.3 Å². The van der Waals surface area contributed by atoms with Crippen molar-refractivity contribution in [3.63, 3.8) is 0 Å². The zero-order valence-corrected chi connectivity index (χ0v) is 20.5. The van der Waals surface area contributed by atoms with Crippen molar-refractivity contribution >= 4 is 34.1 Å². The smallest absolute Gasteiger partial charge is 0.234 e. The highest BCUT2D eigenvalue weighted by Crippen LogP contribution is 2.36. The summed E-state index contributed by atoms with van der Waals surface area (Å²) in [6, 6.07) is 16.9. The van der Waals surface area contributed by atoms with Crippen LogP contribution < -0.4 is 32.3 Å². The number of rotatable bonds is 8. The molecule has 1 aliphatic heterocycles. The lowest BCUT2D eigenvalue weighted by molar-refractivity contribution is -0.124. The van der Waals surface area contributed by atoms with Gasteiger partial charge >= 0.3 is 0 Å². The molecular weight excluding hydrogens is 456 g/mol. The molecule has 188 valence electrons. The third kappa shape index (κ3) is 4.83. The van der Waals surface area contributed by atoms with Crippen LogP contribution in [0.15, 0.2) is 59.7 Å². The van der Waals surface area contributed by atoms with E-state index in [2.05, 4.69) is 10.4 Å². The quantitative estimate of drug-likeness (QED) is 0.165. The zero-order chi connectivity index (χ0) is 25.8. The normalized spacial score (nSPS) is 16.9. The fourth-order valence-electron chi connectivity index (χ4n) is 4.94. The van der Waals surface area contributed by atoms with Crippen LogP contribution in [0.5, 0.6) is 5.75 Å². The van der Waals surface area contributed by atoms with Gasteiger partial charge in [0.15, 0.2) is 0 Å². The van der Waals surface area contributed by atoms with Gasteiger partial charge < -0.3 is 32.3 Å². The predicted molar refractivity (Wildman–Crippen MR) is 142 cm³/mol. The van der Waals surface area contributed by atoms with Crippen molar-refractivity contribution in [2.24, 2.45) is 28.3 Å². The van der Waals surface area contributed by atoms with Crippen LogP contribution in [-0.2, 0) is 22.6 Å². The number of para-hydroxylation sites is 1. The first-order valence-corrected chi connectivity index (χ1v) is 11.9. The lowest BCUT2D eigenvalue weighted by Crippen LogP contribution is -2.44. The first-order chi connectivity index (χ1) is 17.4. The molecule has 3 aromatic rings. The van der Waals surface area contributed by atoms with Gasteiger partial charge in [0.25, 0.3) is 0 Å². The molecule has 2 amide bonds. The SMILES string of the molecule is CN[C@@H](C[C@@H]1CCc2ccccc2N(Cc2c(OC)ccc3cc(C(N)=NN)ccc23)C1=O)C(N)=O. The predicted octanol–water partition coefficient (Wildman–Crippen LogP) is 1.99. The fraction of sp³-hybridized carbons (Fsp3) is 0.296. The molecule has 0 aromatic heterocycles. The Morgan fingerprint density at radius 3 is 2.67 bits per heavy atom. The summed E-state index contributed by atoms with van der Waals surface area (Å²) in [5.41, 5.74) is 15.0. The molecule has 0 fully saturated rings. The minimum atomic E-state index is -0.581. The van der Waals surface area contributed by atoms with Gasteiger partial charge in [-0.25, -0.2) is 0 Å². The van der Waals surface area contributed by atoms with Gasteiger partial charge in [0.1, 0.15) is 11.6 Å². The van der Waals surface area contributed by atoms with Crippen LogP contribution >= 0.6 is 0 Å². The van der Waals surface area contributed by atoms with Crippen LogP contribution in [0.2, 0.25) is 0 Å². The number of nitrogens with zero attached hydrogens (tertiary/aromatic N) is 2. The average Bonchev–Trinajstić information content (AvgIpc) is 3.02. The number of anilines is 1. The maximum atomic E-state index is 14.0. The van der Waals surface area contributed by atoms with Gasteiger partial charge in [-0.05, 0) is 60.8 Å². The number of carbonyl (C=O) groups is 2. The van der Waals surface area contributed by atoms with Crippen LogP contribution in [0.3, 0.4) is 0 Å². The van der Waals surface area contributed by atoms with Crippen molar-refractivity contribution < 1.29 is 14.3 Å². The van der Waals surface area contributed by atoms with E-state index in [9.17, 15) is 9.59 Å². The van der Waals surface area contributed by atoms with E-state index in [4.69, 9.17) is 22.0 Å². The summed E-state index contributed by atoms with van der Waals surface area (Å²) >= 11 is 0. The van der Waals surface area contributed by atoms with E-state index < -0.39 is 11.9 Å². The van der Waals surface area contributed by atoms with E-state index in [1.807, 2.05) is 59.5 Å². The summed E-state index contributed by atoms with van der Waals surface area (Å²) in [5, 5.41) is 8.39. The number of likely N-dealkylation sites (N-methyl/N-ethyl adjacent to an activating group) is 1. The minimum Gasteiger partial charge on any atom is -0.496 e. The number of hydrazone groups is 1. The summed E-state index contributed by atoms with van der Waals surface area (Å²) < 4.78 is 5.71. The van der Waals surface area contributed by atoms with Gasteiger partial charge in [0.2, 0.25) is 11.8 Å². The van der Waals surface area contributed by atoms with Crippen molar-refractivity contribution in [1.29, 1.82) is 0 Å². The molecule has 0 aliphatic carbocycles. The summed E-state index contributed by atoms with van der Waals surface area (Å²) in [5.74, 6) is 5.40. The molecule has 36 heavy (non-hydrogen) atoms. The zero-order valence-electron chi connectivity index (χ0n) is 20.5. The van der Waals surface area contributed by atoms with E-state index in [1.165, 1.54) is 0 Å². The highest BCUT2D eigenvalue weighted by molar-refractivity contribution is 6.02. The Morgan fingerprint density at radius 2 is 1.97 bits per heavy atom. The number of hydrogen-bond donors (Lipinski definition) is 4. The molecule has 9 heteroatoms. The monoisotopic (exact) mass is 488 g/mol. The molecular formula is C27H32N6O3. The topological polar surface area (TPSA) is 149 Å². The van der Waals surface area contributed by atoms with Crippen LogP contribution in [0.1, 0.15) is 29.5 Å². The number of nitrogens with two attached hydrogens (primary N) is 3. The van der Waals surface area contributed by atoms with Crippen LogP contribution in [-0.4, -0.2) is 37.8 Å². The van der Waals surface area contributed by atoms with Gasteiger partial charge in [0, 0.05) is 22.7 Å². The summed E-state index contributed by atoms with van der Waals surface area (Å²) in [7, 11) is 3.30. The number of benzene rings is 3. The number of aryl methyl sites for hydroxylation is 1. The second kappa shape index (κ2) is 10.7. The number of methoxy groups -OCH3 is 1. The maximum absolute atomic E-state index is 14.0. The molecule has 0 bridgehead atoms. The van der Waals surface area contributed by atoms with E-state index in [0.29, 0.717) is 30.7 Å². The molecule has 7 N–H and O–H groups in total. The highest BCUT2D eigenvalue weighted by Gasteiger charge is 2.33. The molecule has 0 saturated carbocycles. The molecule has 1 aliphatic rings. The third-order valence-electron chi connectivity index (χ3n) is 6.93. The number of primary amides is 1. The second-order valence-electron chi connectivity index (χ2n) is 8.96. The van der Waals surface area contributed by atoms with Gasteiger partial charge in [-0.15, -0.1) is 0 Å². The van der Waals surface area contributed by atoms with Crippen LogP contribution in [0, 0.1) is 5.92 Å². The number of nitrogens with one attached hydrogen (secondary N) is 1. The summed E-state index contributed by atoms with van der Waals surface area (Å²) in [4.78, 5) is 27.7. The number of carbonyl (C=O) groups excluding carboxylic acids is 2. The van der Waals surface area contributed by atoms with E-state index in [1.54, 1.807) is 14.2 Å². The molecule has 9 nitrogen and oxygen atoms in total. The first kappa shape index (κ1) is 25.0. The number of amides is 2. The average molecular weight is 489 g/mol. The Labute approximate surface area is 210 Å². The van der Waals surface area contributed by atoms with E-state index in [-0.39, 0.29) is 17.7 Å². The van der Waals surface area contributed by atoms with Crippen LogP contribution in [0.4, 0.5) is 5.69 Å². The van der Waals surface area contributed by atoms with Crippen molar-refractivity contribution in [2.75, 3.05) is 19.1 Å². The Balaban J connectivity index is 1.80. The summed E-state index contributed by atoms with van der Waals surface area (Å²) in [6.07, 6.45) is 1.69. The largest absolute Gasteiger partial charge is 0.496 e. The van der Waals surface area contributed by atoms with Crippen molar-refractivity contribution in [3.8, 4) is 5.75 Å². The highest BCUT2D eigenvalue weighted by atomic mass is 16.5. The van der Waals surface area contributed by atoms with Crippen molar-refractivity contribution in [2.45, 2.75) is 31.8 Å². The molecule has 0 radical (unpaired) electrons. The van der Waals surface area contributed by atoms with Gasteiger partial charge in [-0.1, -0.05) is 36.4 Å². The fourth-order valence-corrected chi connectivity index (χ4v) is 4.94. The third-order valence-corrected chi connectivity index (χ3v) is 6.93. The van der Waals surface area contributed by atoms with E-state index in [0.717, 1.165) is 34.0 Å². The molecule has 4 rings (SSSR count). The molecule has 2 atom stereocenters. The van der Waals surface area contributed by atoms with Crippen molar-refractivity contribution in [1.82, 2.24) is 5.32 Å². The summed E-state index contributed by atoms with van der Waals surface area (Å²) in [6.45, 7) is 0.299. The lowest BCUT2D eigenvalue weighted by atomic mass is 9.93. The standard InChI is InChI=1S/C27H32N6O3/c1-31-22(26(29)34)14-19-8-7-16-5-3-4-6-23(16)33(27(19)35)15-21-20-11-9-18(25(28)32-30)13-17(20)10-12-24(21)36-2/h3-6,9-13,19,22,31H,7-8,14-15,30H2,1-2H3,(H2,28,32)(H2,29,34)/t19-,22-/m0/s1. The lowest BCUT2D eigenvalue weighted by Gasteiger charge is -2.28. The number of amidine groups is 1. The number of ether oxygens (including phenoxy) is 1.